The molecule has 4 rings (SSSR count). The van der Waals surface area contributed by atoms with Crippen LogP contribution in [0.4, 0.5) is 0 Å². The van der Waals surface area contributed by atoms with Crippen molar-refractivity contribution in [3.8, 4) is 0 Å². The van der Waals surface area contributed by atoms with E-state index in [1.807, 2.05) is 29.0 Å². The fraction of sp³-hybridized carbons (Fsp3) is 0.278. The number of rotatable bonds is 4. The van der Waals surface area contributed by atoms with E-state index in [0.717, 1.165) is 10.9 Å². The predicted molar refractivity (Wildman–Crippen MR) is 85.8 cm³/mol. The maximum absolute atomic E-state index is 9.42. The van der Waals surface area contributed by atoms with E-state index in [4.69, 9.17) is 9.47 Å². The van der Waals surface area contributed by atoms with Crippen LogP contribution in [0.2, 0.25) is 0 Å². The van der Waals surface area contributed by atoms with Crippen LogP contribution >= 0.6 is 0 Å². The van der Waals surface area contributed by atoms with Crippen LogP contribution in [0, 0.1) is 0 Å². The van der Waals surface area contributed by atoms with E-state index in [-0.39, 0.29) is 12.7 Å². The van der Waals surface area contributed by atoms with Gasteiger partial charge in [0.1, 0.15) is 6.10 Å². The van der Waals surface area contributed by atoms with E-state index in [0.29, 0.717) is 13.2 Å². The van der Waals surface area contributed by atoms with Crippen molar-refractivity contribution in [1.29, 1.82) is 0 Å². The van der Waals surface area contributed by atoms with Gasteiger partial charge in [-0.25, -0.2) is 4.98 Å². The summed E-state index contributed by atoms with van der Waals surface area (Å²) in [5.74, 6) is -0.905. The molecule has 1 aliphatic rings. The minimum absolute atomic E-state index is 0.0563. The van der Waals surface area contributed by atoms with E-state index >= 15 is 0 Å². The summed E-state index contributed by atoms with van der Waals surface area (Å²) in [4.78, 5) is 4.08. The number of nitrogens with zero attached hydrogens (tertiary/aromatic N) is 2. The maximum atomic E-state index is 9.42. The first kappa shape index (κ1) is 14.4. The lowest BCUT2D eigenvalue weighted by molar-refractivity contribution is -0.189. The molecule has 0 amide bonds. The maximum Gasteiger partial charge on any atom is 0.214 e. The molecule has 1 N–H and O–H groups in total. The van der Waals surface area contributed by atoms with Gasteiger partial charge in [0.05, 0.1) is 26.1 Å². The molecule has 1 aliphatic heterocycles. The van der Waals surface area contributed by atoms with Crippen LogP contribution < -0.4 is 0 Å². The van der Waals surface area contributed by atoms with Crippen LogP contribution in [0.25, 0.3) is 10.8 Å². The average Bonchev–Trinajstić information content (AvgIpc) is 3.25. The smallest absolute Gasteiger partial charge is 0.214 e. The molecule has 0 saturated carbocycles. The van der Waals surface area contributed by atoms with Crippen molar-refractivity contribution >= 4 is 10.8 Å². The third kappa shape index (κ3) is 2.63. The Morgan fingerprint density at radius 2 is 2.09 bits per heavy atom. The van der Waals surface area contributed by atoms with Gasteiger partial charge in [-0.15, -0.1) is 0 Å². The second-order valence-electron chi connectivity index (χ2n) is 5.78. The molecule has 5 heteroatoms. The first-order chi connectivity index (χ1) is 11.3. The number of benzene rings is 2. The van der Waals surface area contributed by atoms with Crippen LogP contribution in [-0.4, -0.2) is 34.0 Å². The molecular formula is C18H18N2O3. The van der Waals surface area contributed by atoms with Crippen LogP contribution in [0.1, 0.15) is 5.56 Å². The van der Waals surface area contributed by atoms with E-state index < -0.39 is 5.79 Å². The third-order valence-electron chi connectivity index (χ3n) is 4.20. The number of imidazole rings is 1. The predicted octanol–water partition coefficient (Wildman–Crippen LogP) is 2.30. The Bertz CT molecular complexity index is 803. The number of aromatic nitrogens is 2. The van der Waals surface area contributed by atoms with Gasteiger partial charge in [-0.2, -0.15) is 0 Å². The van der Waals surface area contributed by atoms with Gasteiger partial charge in [-0.05, 0) is 16.8 Å². The standard InChI is InChI=1S/C18H18N2O3/c21-10-17-11-22-18(23-17,12-20-8-7-19-13-20)16-6-5-14-3-1-2-4-15(14)9-16/h1-9,13,17,21H,10-12H2. The molecule has 1 fully saturated rings. The first-order valence-electron chi connectivity index (χ1n) is 7.67. The molecule has 2 aromatic carbocycles. The van der Waals surface area contributed by atoms with Crippen molar-refractivity contribution in [3.05, 3.63) is 66.7 Å². The van der Waals surface area contributed by atoms with Gasteiger partial charge in [-0.1, -0.05) is 36.4 Å². The highest BCUT2D eigenvalue weighted by Gasteiger charge is 2.43. The average molecular weight is 310 g/mol. The molecule has 0 aliphatic carbocycles. The van der Waals surface area contributed by atoms with Gasteiger partial charge in [0.2, 0.25) is 5.79 Å². The summed E-state index contributed by atoms with van der Waals surface area (Å²) >= 11 is 0. The zero-order chi connectivity index (χ0) is 15.7. The second kappa shape index (κ2) is 5.77. The molecule has 0 spiro atoms. The topological polar surface area (TPSA) is 56.5 Å². The second-order valence-corrected chi connectivity index (χ2v) is 5.78. The van der Waals surface area contributed by atoms with Crippen molar-refractivity contribution in [1.82, 2.24) is 9.55 Å². The summed E-state index contributed by atoms with van der Waals surface area (Å²) in [5, 5.41) is 11.7. The number of hydrogen-bond acceptors (Lipinski definition) is 4. The lowest BCUT2D eigenvalue weighted by atomic mass is 10.0. The molecule has 0 radical (unpaired) electrons. The molecule has 0 bridgehead atoms. The van der Waals surface area contributed by atoms with Gasteiger partial charge < -0.3 is 19.1 Å². The van der Waals surface area contributed by atoms with Gasteiger partial charge in [-0.3, -0.25) is 0 Å². The van der Waals surface area contributed by atoms with E-state index in [9.17, 15) is 5.11 Å². The van der Waals surface area contributed by atoms with Crippen molar-refractivity contribution in [2.24, 2.45) is 0 Å². The SMILES string of the molecule is OCC1COC(Cn2ccnc2)(c2ccc3ccccc3c2)O1. The molecule has 1 aromatic heterocycles. The summed E-state index contributed by atoms with van der Waals surface area (Å²) in [6, 6.07) is 14.4. The fourth-order valence-corrected chi connectivity index (χ4v) is 3.03. The molecular weight excluding hydrogens is 292 g/mol. The Balaban J connectivity index is 1.77. The van der Waals surface area contributed by atoms with Crippen molar-refractivity contribution in [3.63, 3.8) is 0 Å². The minimum Gasteiger partial charge on any atom is -0.394 e. The van der Waals surface area contributed by atoms with Crippen LogP contribution in [0.5, 0.6) is 0 Å². The number of ether oxygens (including phenoxy) is 2. The molecule has 1 saturated heterocycles. The van der Waals surface area contributed by atoms with Crippen LogP contribution in [-0.2, 0) is 21.8 Å². The number of aliphatic hydroxyl groups is 1. The zero-order valence-electron chi connectivity index (χ0n) is 12.6. The van der Waals surface area contributed by atoms with E-state index in [1.165, 1.54) is 5.39 Å². The number of fused-ring (bicyclic) bond motifs is 1. The van der Waals surface area contributed by atoms with E-state index in [1.54, 1.807) is 12.5 Å². The fourth-order valence-electron chi connectivity index (χ4n) is 3.03. The van der Waals surface area contributed by atoms with Crippen molar-refractivity contribution in [2.45, 2.75) is 18.4 Å². The molecule has 5 nitrogen and oxygen atoms in total. The lowest BCUT2D eigenvalue weighted by Crippen LogP contribution is -2.33. The summed E-state index contributed by atoms with van der Waals surface area (Å²) in [7, 11) is 0. The van der Waals surface area contributed by atoms with Gasteiger partial charge >= 0.3 is 0 Å². The van der Waals surface area contributed by atoms with E-state index in [2.05, 4.69) is 29.2 Å². The Labute approximate surface area is 134 Å². The van der Waals surface area contributed by atoms with Crippen LogP contribution in [0.15, 0.2) is 61.2 Å². The molecule has 23 heavy (non-hydrogen) atoms. The molecule has 118 valence electrons. The molecule has 3 aromatic rings. The highest BCUT2D eigenvalue weighted by atomic mass is 16.7. The van der Waals surface area contributed by atoms with Gasteiger partial charge in [0, 0.05) is 18.0 Å². The summed E-state index contributed by atoms with van der Waals surface area (Å²) in [6.07, 6.45) is 5.03. The van der Waals surface area contributed by atoms with Gasteiger partial charge in [0.15, 0.2) is 0 Å². The third-order valence-corrected chi connectivity index (χ3v) is 4.20. The minimum atomic E-state index is -0.905. The highest BCUT2D eigenvalue weighted by Crippen LogP contribution is 2.37. The van der Waals surface area contributed by atoms with Crippen molar-refractivity contribution in [2.75, 3.05) is 13.2 Å². The lowest BCUT2D eigenvalue weighted by Gasteiger charge is -2.29. The quantitative estimate of drug-likeness (QED) is 0.803. The summed E-state index contributed by atoms with van der Waals surface area (Å²) in [5.41, 5.74) is 0.945. The Hall–Kier alpha value is -2.21. The monoisotopic (exact) mass is 310 g/mol. The highest BCUT2D eigenvalue weighted by molar-refractivity contribution is 5.83. The Morgan fingerprint density at radius 1 is 1.22 bits per heavy atom. The Kier molecular flexibility index (Phi) is 3.61. The first-order valence-corrected chi connectivity index (χ1v) is 7.67. The summed E-state index contributed by atoms with van der Waals surface area (Å²) in [6.45, 7) is 0.805. The van der Waals surface area contributed by atoms with Crippen molar-refractivity contribution < 1.29 is 14.6 Å². The molecule has 2 heterocycles. The largest absolute Gasteiger partial charge is 0.394 e. The van der Waals surface area contributed by atoms with Crippen LogP contribution in [0.3, 0.4) is 0 Å². The Morgan fingerprint density at radius 3 is 2.83 bits per heavy atom. The zero-order valence-corrected chi connectivity index (χ0v) is 12.6. The summed E-state index contributed by atoms with van der Waals surface area (Å²) < 4.78 is 14.0. The number of aliphatic hydroxyl groups excluding tert-OH is 1. The van der Waals surface area contributed by atoms with Gasteiger partial charge in [0.25, 0.3) is 0 Å². The normalized spacial score (nSPS) is 24.3. The number of hydrogen-bond donors (Lipinski definition) is 1. The molecule has 2 unspecified atom stereocenters. The molecule has 2 atom stereocenters.